The summed E-state index contributed by atoms with van der Waals surface area (Å²) in [6.45, 7) is 5.13. The van der Waals surface area contributed by atoms with Gasteiger partial charge in [-0.2, -0.15) is 0 Å². The van der Waals surface area contributed by atoms with E-state index in [0.717, 1.165) is 13.0 Å². The highest BCUT2D eigenvalue weighted by atomic mass is 16.3. The van der Waals surface area contributed by atoms with Gasteiger partial charge in [0.1, 0.15) is 0 Å². The SMILES string of the molecule is CCC(C)C(O)CCO.CN(C)CCO. The molecule has 0 spiro atoms. The minimum atomic E-state index is -0.319. The van der Waals surface area contributed by atoms with Crippen LogP contribution in [0, 0.1) is 5.92 Å². The fourth-order valence-electron chi connectivity index (χ4n) is 0.889. The maximum atomic E-state index is 9.16. The van der Waals surface area contributed by atoms with Gasteiger partial charge < -0.3 is 20.2 Å². The molecule has 0 aliphatic carbocycles. The van der Waals surface area contributed by atoms with Crippen LogP contribution < -0.4 is 0 Å². The molecule has 0 aromatic carbocycles. The standard InChI is InChI=1S/C7H16O2.C4H11NO/c1-3-6(2)7(9)4-5-8;1-5(2)3-4-6/h6-9H,3-5H2,1-2H3;6H,3-4H2,1-2H3. The minimum absolute atomic E-state index is 0.0888. The summed E-state index contributed by atoms with van der Waals surface area (Å²) in [7, 11) is 3.85. The highest BCUT2D eigenvalue weighted by Gasteiger charge is 2.09. The van der Waals surface area contributed by atoms with Gasteiger partial charge in [0.15, 0.2) is 0 Å². The van der Waals surface area contributed by atoms with Gasteiger partial charge in [0.2, 0.25) is 0 Å². The average molecular weight is 221 g/mol. The molecule has 0 aliphatic heterocycles. The fraction of sp³-hybridized carbons (Fsp3) is 1.00. The monoisotopic (exact) mass is 221 g/mol. The predicted octanol–water partition coefficient (Wildman–Crippen LogP) is 0.316. The summed E-state index contributed by atoms with van der Waals surface area (Å²) >= 11 is 0. The van der Waals surface area contributed by atoms with E-state index in [0.29, 0.717) is 12.3 Å². The quantitative estimate of drug-likeness (QED) is 0.604. The van der Waals surface area contributed by atoms with Crippen LogP contribution in [0.25, 0.3) is 0 Å². The lowest BCUT2D eigenvalue weighted by Crippen LogP contribution is -2.17. The zero-order valence-corrected chi connectivity index (χ0v) is 10.5. The topological polar surface area (TPSA) is 63.9 Å². The van der Waals surface area contributed by atoms with Gasteiger partial charge in [-0.1, -0.05) is 20.3 Å². The van der Waals surface area contributed by atoms with Crippen molar-refractivity contribution >= 4 is 0 Å². The van der Waals surface area contributed by atoms with E-state index in [1.54, 1.807) is 0 Å². The van der Waals surface area contributed by atoms with Gasteiger partial charge in [-0.25, -0.2) is 0 Å². The number of hydrogen-bond donors (Lipinski definition) is 3. The number of hydrogen-bond acceptors (Lipinski definition) is 4. The Labute approximate surface area is 93.5 Å². The second kappa shape index (κ2) is 11.9. The van der Waals surface area contributed by atoms with Crippen molar-refractivity contribution in [2.75, 3.05) is 33.9 Å². The van der Waals surface area contributed by atoms with Gasteiger partial charge in [0.05, 0.1) is 12.7 Å². The van der Waals surface area contributed by atoms with Crippen molar-refractivity contribution in [3.63, 3.8) is 0 Å². The second-order valence-corrected chi connectivity index (χ2v) is 3.99. The summed E-state index contributed by atoms with van der Waals surface area (Å²) in [5, 5.41) is 25.8. The lowest BCUT2D eigenvalue weighted by atomic mass is 10.00. The molecule has 0 heterocycles. The first-order chi connectivity index (χ1) is 6.99. The molecule has 0 aromatic rings. The normalized spacial score (nSPS) is 14.4. The zero-order chi connectivity index (χ0) is 12.3. The first-order valence-electron chi connectivity index (χ1n) is 5.54. The van der Waals surface area contributed by atoms with E-state index >= 15 is 0 Å². The van der Waals surface area contributed by atoms with E-state index in [1.165, 1.54) is 0 Å². The molecule has 2 atom stereocenters. The molecule has 4 heteroatoms. The van der Waals surface area contributed by atoms with E-state index in [1.807, 2.05) is 32.8 Å². The predicted molar refractivity (Wildman–Crippen MR) is 62.8 cm³/mol. The van der Waals surface area contributed by atoms with Crippen molar-refractivity contribution in [1.29, 1.82) is 0 Å². The minimum Gasteiger partial charge on any atom is -0.396 e. The van der Waals surface area contributed by atoms with E-state index in [-0.39, 0.29) is 19.3 Å². The van der Waals surface area contributed by atoms with Gasteiger partial charge in [0, 0.05) is 13.2 Å². The van der Waals surface area contributed by atoms with Crippen molar-refractivity contribution < 1.29 is 15.3 Å². The third-order valence-corrected chi connectivity index (χ3v) is 2.27. The molecule has 0 saturated heterocycles. The third-order valence-electron chi connectivity index (χ3n) is 2.27. The number of aliphatic hydroxyl groups excluding tert-OH is 3. The van der Waals surface area contributed by atoms with Gasteiger partial charge >= 0.3 is 0 Å². The fourth-order valence-corrected chi connectivity index (χ4v) is 0.889. The van der Waals surface area contributed by atoms with Crippen molar-refractivity contribution in [1.82, 2.24) is 4.90 Å². The van der Waals surface area contributed by atoms with Crippen LogP contribution in [0.2, 0.25) is 0 Å². The van der Waals surface area contributed by atoms with Gasteiger partial charge in [-0.3, -0.25) is 0 Å². The molecule has 0 saturated carbocycles. The van der Waals surface area contributed by atoms with Crippen LogP contribution in [0.15, 0.2) is 0 Å². The van der Waals surface area contributed by atoms with Crippen LogP contribution in [0.5, 0.6) is 0 Å². The summed E-state index contributed by atoms with van der Waals surface area (Å²) in [6.07, 6.45) is 1.16. The highest BCUT2D eigenvalue weighted by molar-refractivity contribution is 4.61. The van der Waals surface area contributed by atoms with Crippen LogP contribution in [-0.2, 0) is 0 Å². The molecule has 3 N–H and O–H groups in total. The van der Waals surface area contributed by atoms with Crippen LogP contribution >= 0.6 is 0 Å². The number of likely N-dealkylation sites (N-methyl/N-ethyl adjacent to an activating group) is 1. The Kier molecular flexibility index (Phi) is 13.7. The largest absolute Gasteiger partial charge is 0.396 e. The first kappa shape index (κ1) is 17.2. The van der Waals surface area contributed by atoms with Gasteiger partial charge in [-0.15, -0.1) is 0 Å². The molecule has 0 fully saturated rings. The molecule has 94 valence electrons. The van der Waals surface area contributed by atoms with Crippen LogP contribution in [0.1, 0.15) is 26.7 Å². The molecule has 0 aliphatic rings. The number of aliphatic hydroxyl groups is 3. The Morgan fingerprint density at radius 3 is 1.87 bits per heavy atom. The lowest BCUT2D eigenvalue weighted by Gasteiger charge is -2.14. The van der Waals surface area contributed by atoms with E-state index in [9.17, 15) is 0 Å². The lowest BCUT2D eigenvalue weighted by molar-refractivity contribution is 0.0843. The average Bonchev–Trinajstić information content (AvgIpc) is 2.17. The first-order valence-corrected chi connectivity index (χ1v) is 5.54. The van der Waals surface area contributed by atoms with Crippen molar-refractivity contribution in [3.8, 4) is 0 Å². The maximum absolute atomic E-state index is 9.16. The van der Waals surface area contributed by atoms with E-state index in [2.05, 4.69) is 0 Å². The Hall–Kier alpha value is -0.160. The van der Waals surface area contributed by atoms with Crippen LogP contribution in [-0.4, -0.2) is 60.2 Å². The molecular formula is C11H27NO3. The summed E-state index contributed by atoms with van der Waals surface area (Å²) in [6, 6.07) is 0. The van der Waals surface area contributed by atoms with Crippen molar-refractivity contribution in [3.05, 3.63) is 0 Å². The van der Waals surface area contributed by atoms with E-state index in [4.69, 9.17) is 15.3 Å². The summed E-state index contributed by atoms with van der Waals surface area (Å²) in [5.41, 5.74) is 0. The Morgan fingerprint density at radius 1 is 1.13 bits per heavy atom. The maximum Gasteiger partial charge on any atom is 0.0587 e. The number of nitrogens with zero attached hydrogens (tertiary/aromatic N) is 1. The second-order valence-electron chi connectivity index (χ2n) is 3.99. The van der Waals surface area contributed by atoms with Crippen molar-refractivity contribution in [2.45, 2.75) is 32.8 Å². The van der Waals surface area contributed by atoms with Crippen molar-refractivity contribution in [2.24, 2.45) is 5.92 Å². The number of rotatable bonds is 6. The zero-order valence-electron chi connectivity index (χ0n) is 10.5. The van der Waals surface area contributed by atoms with Gasteiger partial charge in [-0.05, 0) is 26.4 Å². The molecule has 0 radical (unpaired) electrons. The molecule has 2 unspecified atom stereocenters. The molecule has 15 heavy (non-hydrogen) atoms. The van der Waals surface area contributed by atoms with E-state index < -0.39 is 0 Å². The molecule has 0 aromatic heterocycles. The Bertz CT molecular complexity index is 120. The summed E-state index contributed by atoms with van der Waals surface area (Å²) in [4.78, 5) is 1.93. The summed E-state index contributed by atoms with van der Waals surface area (Å²) in [5.74, 6) is 0.317. The van der Waals surface area contributed by atoms with Crippen LogP contribution in [0.4, 0.5) is 0 Å². The Morgan fingerprint density at radius 2 is 1.67 bits per heavy atom. The Balaban J connectivity index is 0. The summed E-state index contributed by atoms with van der Waals surface area (Å²) < 4.78 is 0. The molecule has 4 nitrogen and oxygen atoms in total. The molecule has 0 amide bonds. The smallest absolute Gasteiger partial charge is 0.0587 e. The van der Waals surface area contributed by atoms with Crippen LogP contribution in [0.3, 0.4) is 0 Å². The molecular weight excluding hydrogens is 194 g/mol. The third kappa shape index (κ3) is 13.8. The highest BCUT2D eigenvalue weighted by Crippen LogP contribution is 2.09. The molecule has 0 rings (SSSR count). The van der Waals surface area contributed by atoms with Gasteiger partial charge in [0.25, 0.3) is 0 Å². The molecule has 0 bridgehead atoms.